The van der Waals surface area contributed by atoms with Gasteiger partial charge in [0.15, 0.2) is 0 Å². The molecule has 2 fully saturated rings. The van der Waals surface area contributed by atoms with E-state index in [1.165, 1.54) is 7.11 Å². The lowest BCUT2D eigenvalue weighted by atomic mass is 9.97. The van der Waals surface area contributed by atoms with Gasteiger partial charge in [0.25, 0.3) is 5.91 Å². The fourth-order valence-electron chi connectivity index (χ4n) is 4.90. The molecule has 0 radical (unpaired) electrons. The van der Waals surface area contributed by atoms with Gasteiger partial charge in [-0.15, -0.1) is 0 Å². The second kappa shape index (κ2) is 8.74. The minimum atomic E-state index is -0.389. The summed E-state index contributed by atoms with van der Waals surface area (Å²) >= 11 is 0. The molecule has 1 amide bonds. The van der Waals surface area contributed by atoms with Crippen LogP contribution in [0.25, 0.3) is 10.8 Å². The predicted molar refractivity (Wildman–Crippen MR) is 116 cm³/mol. The molecule has 0 spiro atoms. The van der Waals surface area contributed by atoms with Gasteiger partial charge in [-0.25, -0.2) is 4.79 Å². The summed E-state index contributed by atoms with van der Waals surface area (Å²) in [6.45, 7) is 7.67. The molecular formula is C24H30N2O4. The number of benzene rings is 2. The first-order valence-corrected chi connectivity index (χ1v) is 10.8. The van der Waals surface area contributed by atoms with Crippen molar-refractivity contribution in [2.45, 2.75) is 44.9 Å². The highest BCUT2D eigenvalue weighted by molar-refractivity contribution is 6.12. The van der Waals surface area contributed by atoms with Gasteiger partial charge in [0, 0.05) is 37.8 Å². The van der Waals surface area contributed by atoms with Crippen LogP contribution in [0.2, 0.25) is 0 Å². The molecule has 2 atom stereocenters. The van der Waals surface area contributed by atoms with Crippen LogP contribution >= 0.6 is 0 Å². The van der Waals surface area contributed by atoms with Gasteiger partial charge in [0.1, 0.15) is 0 Å². The third kappa shape index (κ3) is 4.07. The number of likely N-dealkylation sites (tertiary alicyclic amines) is 1. The van der Waals surface area contributed by atoms with E-state index in [1.807, 2.05) is 29.2 Å². The molecule has 0 aliphatic carbocycles. The molecule has 160 valence electrons. The lowest BCUT2D eigenvalue weighted by molar-refractivity contribution is -0.0856. The van der Waals surface area contributed by atoms with Crippen LogP contribution in [0.1, 0.15) is 47.4 Å². The van der Waals surface area contributed by atoms with Crippen LogP contribution < -0.4 is 0 Å². The zero-order valence-electron chi connectivity index (χ0n) is 18.0. The second-order valence-corrected chi connectivity index (χ2v) is 8.43. The van der Waals surface area contributed by atoms with Crippen molar-refractivity contribution in [1.29, 1.82) is 0 Å². The van der Waals surface area contributed by atoms with Gasteiger partial charge in [0.2, 0.25) is 0 Å². The Kier molecular flexibility index (Phi) is 6.06. The summed E-state index contributed by atoms with van der Waals surface area (Å²) in [7, 11) is 1.37. The van der Waals surface area contributed by atoms with Crippen LogP contribution in [0.15, 0.2) is 36.4 Å². The third-order valence-electron chi connectivity index (χ3n) is 6.27. The van der Waals surface area contributed by atoms with Crippen LogP contribution in [0.3, 0.4) is 0 Å². The Morgan fingerprint density at radius 3 is 2.10 bits per heavy atom. The van der Waals surface area contributed by atoms with Gasteiger partial charge >= 0.3 is 5.97 Å². The highest BCUT2D eigenvalue weighted by Crippen LogP contribution is 2.27. The smallest absolute Gasteiger partial charge is 0.338 e. The summed E-state index contributed by atoms with van der Waals surface area (Å²) in [5.41, 5.74) is 1.13. The normalized spacial score (nSPS) is 23.5. The first kappa shape index (κ1) is 20.8. The molecule has 2 aromatic rings. The topological polar surface area (TPSA) is 59.1 Å². The van der Waals surface area contributed by atoms with E-state index in [4.69, 9.17) is 9.47 Å². The first-order chi connectivity index (χ1) is 14.5. The molecule has 0 aromatic heterocycles. The number of rotatable bonds is 3. The molecule has 2 heterocycles. The van der Waals surface area contributed by atoms with E-state index in [9.17, 15) is 9.59 Å². The quantitative estimate of drug-likeness (QED) is 0.727. The van der Waals surface area contributed by atoms with Crippen molar-refractivity contribution in [1.82, 2.24) is 9.80 Å². The molecule has 2 aliphatic rings. The highest BCUT2D eigenvalue weighted by Gasteiger charge is 2.32. The van der Waals surface area contributed by atoms with E-state index in [-0.39, 0.29) is 24.1 Å². The van der Waals surface area contributed by atoms with Crippen molar-refractivity contribution in [3.63, 3.8) is 0 Å². The number of esters is 1. The number of fused-ring (bicyclic) bond motifs is 1. The van der Waals surface area contributed by atoms with Gasteiger partial charge in [-0.1, -0.05) is 24.3 Å². The molecule has 30 heavy (non-hydrogen) atoms. The number of methoxy groups -OCH3 is 1. The molecule has 6 heteroatoms. The number of morpholine rings is 1. The number of carbonyl (C=O) groups excluding carboxylic acids is 2. The van der Waals surface area contributed by atoms with Crippen molar-refractivity contribution < 1.29 is 19.1 Å². The average molecular weight is 411 g/mol. The Morgan fingerprint density at radius 2 is 1.50 bits per heavy atom. The SMILES string of the molecule is COC(=O)c1cccc2c(C(=O)N3CCC(N4C[C@@H](C)O[C@@H](C)C4)CC3)cccc12. The minimum Gasteiger partial charge on any atom is -0.465 e. The number of hydrogen-bond acceptors (Lipinski definition) is 5. The Balaban J connectivity index is 1.50. The summed E-state index contributed by atoms with van der Waals surface area (Å²) in [5, 5.41) is 1.55. The number of piperidine rings is 1. The van der Waals surface area contributed by atoms with Gasteiger partial charge in [-0.3, -0.25) is 9.69 Å². The number of carbonyl (C=O) groups is 2. The van der Waals surface area contributed by atoms with E-state index in [0.717, 1.165) is 49.8 Å². The van der Waals surface area contributed by atoms with Crippen molar-refractivity contribution >= 4 is 22.6 Å². The van der Waals surface area contributed by atoms with Gasteiger partial charge in [-0.05, 0) is 49.6 Å². The monoisotopic (exact) mass is 410 g/mol. The van der Waals surface area contributed by atoms with E-state index >= 15 is 0 Å². The minimum absolute atomic E-state index is 0.0322. The molecule has 2 aromatic carbocycles. The Morgan fingerprint density at radius 1 is 0.933 bits per heavy atom. The molecule has 6 nitrogen and oxygen atoms in total. The van der Waals surface area contributed by atoms with E-state index < -0.39 is 0 Å². The molecular weight excluding hydrogens is 380 g/mol. The fourth-order valence-corrected chi connectivity index (χ4v) is 4.90. The Labute approximate surface area is 177 Å². The first-order valence-electron chi connectivity index (χ1n) is 10.8. The largest absolute Gasteiger partial charge is 0.465 e. The van der Waals surface area contributed by atoms with Crippen molar-refractivity contribution in [3.05, 3.63) is 47.5 Å². The van der Waals surface area contributed by atoms with Crippen molar-refractivity contribution in [2.75, 3.05) is 33.3 Å². The number of hydrogen-bond donors (Lipinski definition) is 0. The Bertz CT molecular complexity index is 926. The van der Waals surface area contributed by atoms with E-state index in [1.54, 1.807) is 12.1 Å². The van der Waals surface area contributed by atoms with Crippen LogP contribution in [0.5, 0.6) is 0 Å². The maximum Gasteiger partial charge on any atom is 0.338 e. The van der Waals surface area contributed by atoms with Crippen molar-refractivity contribution in [3.8, 4) is 0 Å². The molecule has 0 N–H and O–H groups in total. The van der Waals surface area contributed by atoms with Crippen LogP contribution in [-0.4, -0.2) is 73.2 Å². The summed E-state index contributed by atoms with van der Waals surface area (Å²) < 4.78 is 10.8. The van der Waals surface area contributed by atoms with E-state index in [0.29, 0.717) is 17.2 Å². The van der Waals surface area contributed by atoms with Crippen LogP contribution in [0, 0.1) is 0 Å². The Hall–Kier alpha value is -2.44. The number of nitrogens with zero attached hydrogens (tertiary/aromatic N) is 2. The molecule has 4 rings (SSSR count). The van der Waals surface area contributed by atoms with E-state index in [2.05, 4.69) is 18.7 Å². The standard InChI is InChI=1S/C24H30N2O4/c1-16-14-26(15-17(2)30-16)18-10-12-25(13-11-18)23(27)21-8-4-7-20-19(21)6-5-9-22(20)24(28)29-3/h4-9,16-18H,10-15H2,1-3H3/t16-,17+. The lowest BCUT2D eigenvalue weighted by Crippen LogP contribution is -2.53. The maximum absolute atomic E-state index is 13.3. The van der Waals surface area contributed by atoms with Crippen LogP contribution in [0.4, 0.5) is 0 Å². The predicted octanol–water partition coefficient (Wildman–Crippen LogP) is 3.34. The molecule has 0 saturated carbocycles. The number of amides is 1. The summed E-state index contributed by atoms with van der Waals surface area (Å²) in [5.74, 6) is -0.357. The van der Waals surface area contributed by atoms with Crippen molar-refractivity contribution in [2.24, 2.45) is 0 Å². The van der Waals surface area contributed by atoms with Gasteiger partial charge < -0.3 is 14.4 Å². The second-order valence-electron chi connectivity index (χ2n) is 8.43. The average Bonchev–Trinajstić information content (AvgIpc) is 2.76. The highest BCUT2D eigenvalue weighted by atomic mass is 16.5. The lowest BCUT2D eigenvalue weighted by Gasteiger charge is -2.43. The summed E-state index contributed by atoms with van der Waals surface area (Å²) in [4.78, 5) is 29.9. The zero-order chi connectivity index (χ0) is 21.3. The van der Waals surface area contributed by atoms with Gasteiger partial charge in [0.05, 0.1) is 24.9 Å². The van der Waals surface area contributed by atoms with Crippen LogP contribution in [-0.2, 0) is 9.47 Å². The fraction of sp³-hybridized carbons (Fsp3) is 0.500. The number of ether oxygens (including phenoxy) is 2. The molecule has 2 saturated heterocycles. The maximum atomic E-state index is 13.3. The third-order valence-corrected chi connectivity index (χ3v) is 6.27. The summed E-state index contributed by atoms with van der Waals surface area (Å²) in [6.07, 6.45) is 2.47. The summed E-state index contributed by atoms with van der Waals surface area (Å²) in [6, 6.07) is 11.5. The molecule has 2 aliphatic heterocycles. The molecule has 0 unspecified atom stereocenters. The zero-order valence-corrected chi connectivity index (χ0v) is 18.0. The van der Waals surface area contributed by atoms with Gasteiger partial charge in [-0.2, -0.15) is 0 Å². The molecule has 0 bridgehead atoms.